The first-order chi connectivity index (χ1) is 19.7. The normalized spacial score (nSPS) is 14.2. The Hall–Kier alpha value is -4.60. The van der Waals surface area contributed by atoms with E-state index in [0.717, 1.165) is 28.6 Å². The standard InChI is InChI=1S/C31H32FN5O4/c1-5-20-9-10-22-21(11-14-26(40-4)28(22)33-20)24-12-15-27(38)37(36-24)16-6-7-17-41-25-13-8-19(18-23(25)32)29-31(2,3)30(39)35-34-29/h8-15,18H,5-7,16-17H2,1-4H3,(H,35,39). The quantitative estimate of drug-likeness (QED) is 0.278. The van der Waals surface area contributed by atoms with E-state index >= 15 is 0 Å². The average molecular weight is 558 g/mol. The molecule has 2 aromatic carbocycles. The molecule has 0 spiro atoms. The second-order valence-corrected chi connectivity index (χ2v) is 10.4. The molecule has 1 amide bonds. The monoisotopic (exact) mass is 557 g/mol. The fourth-order valence-corrected chi connectivity index (χ4v) is 4.80. The molecule has 0 saturated heterocycles. The van der Waals surface area contributed by atoms with Crippen LogP contribution in [0, 0.1) is 11.2 Å². The average Bonchev–Trinajstić information content (AvgIpc) is 3.24. The Kier molecular flexibility index (Phi) is 7.83. The molecule has 3 heterocycles. The number of benzene rings is 2. The lowest BCUT2D eigenvalue weighted by molar-refractivity contribution is -0.125. The third kappa shape index (κ3) is 5.54. The fourth-order valence-electron chi connectivity index (χ4n) is 4.80. The molecule has 1 N–H and O–H groups in total. The summed E-state index contributed by atoms with van der Waals surface area (Å²) in [6.45, 7) is 6.19. The number of hydrogen-bond acceptors (Lipinski definition) is 7. The summed E-state index contributed by atoms with van der Waals surface area (Å²) >= 11 is 0. The lowest BCUT2D eigenvalue weighted by Gasteiger charge is -2.17. The Labute approximate surface area is 237 Å². The molecule has 0 bridgehead atoms. The summed E-state index contributed by atoms with van der Waals surface area (Å²) < 4.78 is 27.3. The van der Waals surface area contributed by atoms with Crippen LogP contribution in [0.4, 0.5) is 4.39 Å². The predicted molar refractivity (Wildman–Crippen MR) is 155 cm³/mol. The van der Waals surface area contributed by atoms with Gasteiger partial charge in [0.2, 0.25) is 0 Å². The zero-order valence-electron chi connectivity index (χ0n) is 23.5. The first kappa shape index (κ1) is 27.9. The molecular formula is C31H32FN5O4. The number of aromatic nitrogens is 3. The van der Waals surface area contributed by atoms with Crippen molar-refractivity contribution >= 4 is 22.5 Å². The van der Waals surface area contributed by atoms with Crippen molar-refractivity contribution in [1.29, 1.82) is 0 Å². The molecule has 2 aromatic heterocycles. The first-order valence-corrected chi connectivity index (χ1v) is 13.6. The van der Waals surface area contributed by atoms with Gasteiger partial charge in [-0.1, -0.05) is 13.0 Å². The molecule has 5 rings (SSSR count). The molecule has 0 unspecified atom stereocenters. The number of rotatable bonds is 10. The third-order valence-electron chi connectivity index (χ3n) is 7.26. The van der Waals surface area contributed by atoms with Gasteiger partial charge in [-0.15, -0.1) is 0 Å². The van der Waals surface area contributed by atoms with E-state index in [-0.39, 0.29) is 23.8 Å². The van der Waals surface area contributed by atoms with Crippen LogP contribution in [0.15, 0.2) is 64.5 Å². The largest absolute Gasteiger partial charge is 0.494 e. The molecule has 9 nitrogen and oxygen atoms in total. The van der Waals surface area contributed by atoms with Gasteiger partial charge in [-0.3, -0.25) is 9.59 Å². The molecule has 10 heteroatoms. The van der Waals surface area contributed by atoms with Crippen LogP contribution in [0.3, 0.4) is 0 Å². The van der Waals surface area contributed by atoms with E-state index < -0.39 is 11.2 Å². The highest BCUT2D eigenvalue weighted by Gasteiger charge is 2.39. The van der Waals surface area contributed by atoms with Crippen molar-refractivity contribution < 1.29 is 18.7 Å². The van der Waals surface area contributed by atoms with E-state index in [4.69, 9.17) is 14.5 Å². The smallest absolute Gasteiger partial charge is 0.266 e. The number of fused-ring (bicyclic) bond motifs is 1. The van der Waals surface area contributed by atoms with Crippen LogP contribution in [0.2, 0.25) is 0 Å². The van der Waals surface area contributed by atoms with Crippen molar-refractivity contribution in [2.24, 2.45) is 10.5 Å². The van der Waals surface area contributed by atoms with Crippen LogP contribution in [-0.4, -0.2) is 40.1 Å². The summed E-state index contributed by atoms with van der Waals surface area (Å²) in [6, 6.07) is 15.6. The summed E-state index contributed by atoms with van der Waals surface area (Å²) in [6.07, 6.45) is 2.01. The van der Waals surface area contributed by atoms with Crippen molar-refractivity contribution in [3.8, 4) is 22.8 Å². The highest BCUT2D eigenvalue weighted by Crippen LogP contribution is 2.33. The molecule has 1 aliphatic rings. The van der Waals surface area contributed by atoms with Crippen LogP contribution in [0.5, 0.6) is 11.5 Å². The van der Waals surface area contributed by atoms with Gasteiger partial charge in [-0.25, -0.2) is 19.5 Å². The van der Waals surface area contributed by atoms with E-state index in [0.29, 0.717) is 42.1 Å². The summed E-state index contributed by atoms with van der Waals surface area (Å²) in [7, 11) is 1.62. The fraction of sp³-hybridized carbons (Fsp3) is 0.323. The Morgan fingerprint density at radius 3 is 2.51 bits per heavy atom. The van der Waals surface area contributed by atoms with Gasteiger partial charge in [0, 0.05) is 34.8 Å². The number of carbonyl (C=O) groups is 1. The maximum absolute atomic E-state index is 14.7. The molecule has 1 aliphatic heterocycles. The minimum Gasteiger partial charge on any atom is -0.494 e. The van der Waals surface area contributed by atoms with Crippen LogP contribution < -0.4 is 20.5 Å². The number of hydrogen-bond donors (Lipinski definition) is 1. The molecule has 212 valence electrons. The summed E-state index contributed by atoms with van der Waals surface area (Å²) in [5, 5.41) is 9.57. The highest BCUT2D eigenvalue weighted by molar-refractivity contribution is 6.19. The van der Waals surface area contributed by atoms with Crippen molar-refractivity contribution in [3.63, 3.8) is 0 Å². The predicted octanol–water partition coefficient (Wildman–Crippen LogP) is 4.89. The summed E-state index contributed by atoms with van der Waals surface area (Å²) in [5.41, 5.74) is 5.65. The van der Waals surface area contributed by atoms with Crippen molar-refractivity contribution in [3.05, 3.63) is 82.0 Å². The third-order valence-corrected chi connectivity index (χ3v) is 7.26. The minimum absolute atomic E-state index is 0.118. The van der Waals surface area contributed by atoms with E-state index in [1.165, 1.54) is 16.8 Å². The van der Waals surface area contributed by atoms with Gasteiger partial charge in [-0.05, 0) is 75.6 Å². The SMILES string of the molecule is CCc1ccc2c(-c3ccc(=O)n(CCCCOc4ccc(C5=NNC(=O)C5(C)C)cc4F)n3)ccc(OC)c2n1. The lowest BCUT2D eigenvalue weighted by atomic mass is 9.84. The van der Waals surface area contributed by atoms with Crippen LogP contribution in [-0.2, 0) is 17.8 Å². The number of nitrogens with zero attached hydrogens (tertiary/aromatic N) is 4. The number of carbonyl (C=O) groups excluding carboxylic acids is 1. The van der Waals surface area contributed by atoms with E-state index in [9.17, 15) is 14.0 Å². The second kappa shape index (κ2) is 11.5. The Balaban J connectivity index is 1.23. The molecular weight excluding hydrogens is 525 g/mol. The van der Waals surface area contributed by atoms with Crippen LogP contribution in [0.1, 0.15) is 44.9 Å². The van der Waals surface area contributed by atoms with Gasteiger partial charge in [0.05, 0.1) is 30.5 Å². The van der Waals surface area contributed by atoms with Crippen molar-refractivity contribution in [2.75, 3.05) is 13.7 Å². The number of amides is 1. The number of pyridine rings is 1. The molecule has 0 saturated carbocycles. The van der Waals surface area contributed by atoms with E-state index in [2.05, 4.69) is 22.5 Å². The Morgan fingerprint density at radius 2 is 1.80 bits per heavy atom. The molecule has 0 fully saturated rings. The van der Waals surface area contributed by atoms with E-state index in [1.54, 1.807) is 39.2 Å². The van der Waals surface area contributed by atoms with Crippen molar-refractivity contribution in [1.82, 2.24) is 20.2 Å². The van der Waals surface area contributed by atoms with Gasteiger partial charge in [0.25, 0.3) is 11.5 Å². The summed E-state index contributed by atoms with van der Waals surface area (Å²) in [4.78, 5) is 29.3. The Morgan fingerprint density at radius 1 is 1.00 bits per heavy atom. The number of halogens is 1. The number of ether oxygens (including phenoxy) is 2. The first-order valence-electron chi connectivity index (χ1n) is 13.6. The zero-order valence-corrected chi connectivity index (χ0v) is 23.5. The van der Waals surface area contributed by atoms with Gasteiger partial charge < -0.3 is 9.47 Å². The topological polar surface area (TPSA) is 108 Å². The van der Waals surface area contributed by atoms with Gasteiger partial charge in [0.1, 0.15) is 11.3 Å². The zero-order chi connectivity index (χ0) is 29.1. The number of aryl methyl sites for hydroxylation is 2. The molecule has 0 atom stereocenters. The van der Waals surface area contributed by atoms with Crippen LogP contribution >= 0.6 is 0 Å². The number of methoxy groups -OCH3 is 1. The molecule has 0 radical (unpaired) electrons. The van der Waals surface area contributed by atoms with Crippen molar-refractivity contribution in [2.45, 2.75) is 46.6 Å². The lowest BCUT2D eigenvalue weighted by Crippen LogP contribution is -2.32. The second-order valence-electron chi connectivity index (χ2n) is 10.4. The highest BCUT2D eigenvalue weighted by atomic mass is 19.1. The van der Waals surface area contributed by atoms with Gasteiger partial charge in [0.15, 0.2) is 11.6 Å². The maximum atomic E-state index is 14.7. The maximum Gasteiger partial charge on any atom is 0.266 e. The molecule has 4 aromatic rings. The molecule has 41 heavy (non-hydrogen) atoms. The molecule has 0 aliphatic carbocycles. The minimum atomic E-state index is -0.839. The van der Waals surface area contributed by atoms with E-state index in [1.807, 2.05) is 24.3 Å². The summed E-state index contributed by atoms with van der Waals surface area (Å²) in [5.74, 6) is 0.0418. The van der Waals surface area contributed by atoms with Crippen LogP contribution in [0.25, 0.3) is 22.2 Å². The number of hydrazone groups is 1. The van der Waals surface area contributed by atoms with Gasteiger partial charge in [-0.2, -0.15) is 10.2 Å². The Bertz CT molecular complexity index is 1710. The number of unbranched alkanes of at least 4 members (excludes halogenated alkanes) is 1. The van der Waals surface area contributed by atoms with Gasteiger partial charge >= 0.3 is 0 Å². The number of nitrogens with one attached hydrogen (secondary N) is 1.